The Labute approximate surface area is 119 Å². The topological polar surface area (TPSA) is 58.4 Å². The van der Waals surface area contributed by atoms with Gasteiger partial charge in [0.1, 0.15) is 0 Å². The minimum absolute atomic E-state index is 0.0657. The van der Waals surface area contributed by atoms with Crippen molar-refractivity contribution in [2.75, 3.05) is 19.6 Å². The molecule has 3 unspecified atom stereocenters. The van der Waals surface area contributed by atoms with Crippen LogP contribution in [0, 0.1) is 11.8 Å². The maximum absolute atomic E-state index is 12.0. The van der Waals surface area contributed by atoms with Gasteiger partial charge in [-0.1, -0.05) is 34.6 Å². The summed E-state index contributed by atoms with van der Waals surface area (Å²) in [6, 6.07) is 0.316. The predicted molar refractivity (Wildman–Crippen MR) is 82.0 cm³/mol. The minimum atomic E-state index is -0.128. The van der Waals surface area contributed by atoms with Gasteiger partial charge in [-0.3, -0.25) is 9.69 Å². The van der Waals surface area contributed by atoms with Crippen molar-refractivity contribution in [3.05, 3.63) is 0 Å². The fraction of sp³-hybridized carbons (Fsp3) is 0.933. The Morgan fingerprint density at radius 3 is 2.05 bits per heavy atom. The van der Waals surface area contributed by atoms with Crippen LogP contribution < -0.4 is 11.1 Å². The van der Waals surface area contributed by atoms with Crippen molar-refractivity contribution in [2.24, 2.45) is 17.6 Å². The summed E-state index contributed by atoms with van der Waals surface area (Å²) in [5.41, 5.74) is 5.76. The van der Waals surface area contributed by atoms with Crippen molar-refractivity contribution in [1.82, 2.24) is 10.2 Å². The van der Waals surface area contributed by atoms with E-state index in [1.54, 1.807) is 0 Å². The second kappa shape index (κ2) is 9.32. The van der Waals surface area contributed by atoms with E-state index in [4.69, 9.17) is 5.73 Å². The van der Waals surface area contributed by atoms with Crippen LogP contribution >= 0.6 is 0 Å². The summed E-state index contributed by atoms with van der Waals surface area (Å²) in [6.07, 6.45) is 1.11. The zero-order valence-corrected chi connectivity index (χ0v) is 13.6. The molecule has 0 fully saturated rings. The largest absolute Gasteiger partial charge is 0.354 e. The molecule has 0 aliphatic heterocycles. The molecular weight excluding hydrogens is 238 g/mol. The lowest BCUT2D eigenvalue weighted by molar-refractivity contribution is -0.125. The number of rotatable bonds is 9. The molecule has 3 atom stereocenters. The second-order valence-corrected chi connectivity index (χ2v) is 5.90. The molecule has 0 bridgehead atoms. The molecule has 4 heteroatoms. The van der Waals surface area contributed by atoms with Gasteiger partial charge in [0.2, 0.25) is 5.91 Å². The standard InChI is InChI=1S/C15H33N3O/c1-7-18(8-2)14(9-11(3)4)10-17-15(19)12(5)13(6)16/h11-14H,7-10,16H2,1-6H3,(H,17,19). The average molecular weight is 271 g/mol. The van der Waals surface area contributed by atoms with E-state index in [1.807, 2.05) is 13.8 Å². The number of hydrogen-bond acceptors (Lipinski definition) is 3. The van der Waals surface area contributed by atoms with Gasteiger partial charge in [-0.25, -0.2) is 0 Å². The van der Waals surface area contributed by atoms with Gasteiger partial charge in [0, 0.05) is 24.5 Å². The summed E-state index contributed by atoms with van der Waals surface area (Å²) in [5.74, 6) is 0.570. The summed E-state index contributed by atoms with van der Waals surface area (Å²) in [6.45, 7) is 15.3. The highest BCUT2D eigenvalue weighted by atomic mass is 16.1. The van der Waals surface area contributed by atoms with E-state index in [0.29, 0.717) is 12.0 Å². The molecule has 1 amide bonds. The molecule has 4 nitrogen and oxygen atoms in total. The smallest absolute Gasteiger partial charge is 0.224 e. The molecule has 0 aromatic rings. The fourth-order valence-corrected chi connectivity index (χ4v) is 2.26. The Bertz CT molecular complexity index is 250. The van der Waals surface area contributed by atoms with Crippen LogP contribution in [0.2, 0.25) is 0 Å². The first kappa shape index (κ1) is 18.4. The summed E-state index contributed by atoms with van der Waals surface area (Å²) >= 11 is 0. The number of carbonyl (C=O) groups is 1. The molecule has 0 saturated carbocycles. The maximum Gasteiger partial charge on any atom is 0.224 e. The summed E-state index contributed by atoms with van der Waals surface area (Å²) in [7, 11) is 0. The average Bonchev–Trinajstić information content (AvgIpc) is 2.34. The van der Waals surface area contributed by atoms with E-state index in [9.17, 15) is 4.79 Å². The lowest BCUT2D eigenvalue weighted by Gasteiger charge is -2.31. The molecule has 0 aromatic carbocycles. The van der Waals surface area contributed by atoms with Crippen LogP contribution in [0.15, 0.2) is 0 Å². The van der Waals surface area contributed by atoms with Gasteiger partial charge >= 0.3 is 0 Å². The molecular formula is C15H33N3O. The van der Waals surface area contributed by atoms with Crippen LogP contribution in [0.3, 0.4) is 0 Å². The maximum atomic E-state index is 12.0. The highest BCUT2D eigenvalue weighted by Crippen LogP contribution is 2.11. The summed E-state index contributed by atoms with van der Waals surface area (Å²) in [4.78, 5) is 14.4. The third-order valence-electron chi connectivity index (χ3n) is 3.79. The zero-order chi connectivity index (χ0) is 15.0. The fourth-order valence-electron chi connectivity index (χ4n) is 2.26. The van der Waals surface area contributed by atoms with Crippen LogP contribution in [-0.2, 0) is 4.79 Å². The Kier molecular flexibility index (Phi) is 9.02. The Balaban J connectivity index is 4.44. The summed E-state index contributed by atoms with van der Waals surface area (Å²) < 4.78 is 0. The monoisotopic (exact) mass is 271 g/mol. The molecule has 0 aliphatic carbocycles. The number of carbonyl (C=O) groups excluding carboxylic acids is 1. The van der Waals surface area contributed by atoms with E-state index in [0.717, 1.165) is 26.1 Å². The van der Waals surface area contributed by atoms with Crippen LogP contribution in [0.25, 0.3) is 0 Å². The highest BCUT2D eigenvalue weighted by molar-refractivity contribution is 5.78. The highest BCUT2D eigenvalue weighted by Gasteiger charge is 2.21. The van der Waals surface area contributed by atoms with Crippen LogP contribution in [-0.4, -0.2) is 42.5 Å². The molecule has 0 radical (unpaired) electrons. The lowest BCUT2D eigenvalue weighted by atomic mass is 10.0. The minimum Gasteiger partial charge on any atom is -0.354 e. The second-order valence-electron chi connectivity index (χ2n) is 5.90. The van der Waals surface area contributed by atoms with E-state index in [2.05, 4.69) is 37.9 Å². The molecule has 19 heavy (non-hydrogen) atoms. The summed E-state index contributed by atoms with van der Waals surface area (Å²) in [5, 5.41) is 3.06. The van der Waals surface area contributed by atoms with Gasteiger partial charge in [-0.15, -0.1) is 0 Å². The van der Waals surface area contributed by atoms with Gasteiger partial charge in [-0.2, -0.15) is 0 Å². The number of nitrogens with one attached hydrogen (secondary N) is 1. The van der Waals surface area contributed by atoms with Gasteiger partial charge in [-0.05, 0) is 32.4 Å². The van der Waals surface area contributed by atoms with E-state index in [1.165, 1.54) is 0 Å². The van der Waals surface area contributed by atoms with Gasteiger partial charge in [0.25, 0.3) is 0 Å². The Hall–Kier alpha value is -0.610. The van der Waals surface area contributed by atoms with Crippen LogP contribution in [0.4, 0.5) is 0 Å². The van der Waals surface area contributed by atoms with Gasteiger partial charge < -0.3 is 11.1 Å². The molecule has 0 heterocycles. The third kappa shape index (κ3) is 6.92. The predicted octanol–water partition coefficient (Wildman–Crippen LogP) is 1.84. The van der Waals surface area contributed by atoms with Gasteiger partial charge in [0.05, 0.1) is 0 Å². The molecule has 0 aliphatic rings. The number of likely N-dealkylation sites (N-methyl/N-ethyl adjacent to an activating group) is 1. The number of hydrogen-bond donors (Lipinski definition) is 2. The molecule has 0 saturated heterocycles. The number of amides is 1. The van der Waals surface area contributed by atoms with Crippen molar-refractivity contribution in [1.29, 1.82) is 0 Å². The lowest BCUT2D eigenvalue weighted by Crippen LogP contribution is -2.47. The third-order valence-corrected chi connectivity index (χ3v) is 3.79. The number of nitrogens with zero attached hydrogens (tertiary/aromatic N) is 1. The van der Waals surface area contributed by atoms with Crippen molar-refractivity contribution in [3.8, 4) is 0 Å². The van der Waals surface area contributed by atoms with Crippen LogP contribution in [0.5, 0.6) is 0 Å². The SMILES string of the molecule is CCN(CC)C(CNC(=O)C(C)C(C)N)CC(C)C. The van der Waals surface area contributed by atoms with Crippen molar-refractivity contribution in [2.45, 2.75) is 60.0 Å². The molecule has 0 aromatic heterocycles. The molecule has 3 N–H and O–H groups in total. The molecule has 0 spiro atoms. The van der Waals surface area contributed by atoms with E-state index >= 15 is 0 Å². The first-order valence-corrected chi connectivity index (χ1v) is 7.60. The van der Waals surface area contributed by atoms with Crippen molar-refractivity contribution in [3.63, 3.8) is 0 Å². The van der Waals surface area contributed by atoms with Crippen molar-refractivity contribution >= 4 is 5.91 Å². The number of nitrogens with two attached hydrogens (primary N) is 1. The van der Waals surface area contributed by atoms with Crippen LogP contribution in [0.1, 0.15) is 48.0 Å². The Morgan fingerprint density at radius 2 is 1.68 bits per heavy atom. The van der Waals surface area contributed by atoms with E-state index < -0.39 is 0 Å². The quantitative estimate of drug-likeness (QED) is 0.673. The van der Waals surface area contributed by atoms with E-state index in [-0.39, 0.29) is 17.9 Å². The zero-order valence-electron chi connectivity index (χ0n) is 13.6. The van der Waals surface area contributed by atoms with Crippen molar-refractivity contribution < 1.29 is 4.79 Å². The van der Waals surface area contributed by atoms with Gasteiger partial charge in [0.15, 0.2) is 0 Å². The first-order valence-electron chi connectivity index (χ1n) is 7.60. The Morgan fingerprint density at radius 1 is 1.16 bits per heavy atom. The first-order chi connectivity index (χ1) is 8.83. The molecule has 0 rings (SSSR count). The molecule has 114 valence electrons. The normalized spacial score (nSPS) is 16.5.